The minimum absolute atomic E-state index is 0.0949. The molecule has 1 N–H and O–H groups in total. The minimum atomic E-state index is -0.544. The number of esters is 1. The van der Waals surface area contributed by atoms with Gasteiger partial charge in [0.15, 0.2) is 6.07 Å². The molecule has 0 aliphatic carbocycles. The van der Waals surface area contributed by atoms with Crippen LogP contribution in [0.4, 0.5) is 4.79 Å². The van der Waals surface area contributed by atoms with Gasteiger partial charge in [-0.15, -0.1) is 0 Å². The van der Waals surface area contributed by atoms with Crippen LogP contribution in [0, 0.1) is 0 Å². The van der Waals surface area contributed by atoms with Gasteiger partial charge in [0, 0.05) is 19.6 Å². The smallest absolute Gasteiger partial charge is 0.407 e. The number of hydrogen-bond acceptors (Lipinski definition) is 5. The first-order valence-corrected chi connectivity index (χ1v) is 8.28. The van der Waals surface area contributed by atoms with Crippen LogP contribution in [0.25, 0.3) is 0 Å². The Morgan fingerprint density at radius 1 is 1.21 bits per heavy atom. The largest absolute Gasteiger partial charge is 0.448 e. The molecule has 1 aromatic carbocycles. The van der Waals surface area contributed by atoms with Gasteiger partial charge in [-0.3, -0.25) is 9.69 Å². The second-order valence-corrected chi connectivity index (χ2v) is 6.47. The Morgan fingerprint density at radius 3 is 2.46 bits per heavy atom. The third kappa shape index (κ3) is 9.37. The topological polar surface area (TPSA) is 67.9 Å². The van der Waals surface area contributed by atoms with Crippen molar-refractivity contribution in [3.05, 3.63) is 35.9 Å². The lowest BCUT2D eigenvalue weighted by Crippen LogP contribution is -2.39. The zero-order valence-electron chi connectivity index (χ0n) is 14.4. The summed E-state index contributed by atoms with van der Waals surface area (Å²) < 4.78 is 9.96. The third-order valence-electron chi connectivity index (χ3n) is 2.91. The summed E-state index contributed by atoms with van der Waals surface area (Å²) in [5, 5.41) is 2.68. The number of alkyl halides is 1. The van der Waals surface area contributed by atoms with Crippen LogP contribution in [0.3, 0.4) is 0 Å². The molecule has 0 unspecified atom stereocenters. The van der Waals surface area contributed by atoms with Gasteiger partial charge in [-0.2, -0.15) is 0 Å². The molecule has 7 heteroatoms. The van der Waals surface area contributed by atoms with Crippen LogP contribution in [-0.2, 0) is 20.8 Å². The Morgan fingerprint density at radius 2 is 1.88 bits per heavy atom. The van der Waals surface area contributed by atoms with E-state index in [-0.39, 0.29) is 12.6 Å². The Balaban J connectivity index is 2.52. The first-order chi connectivity index (χ1) is 11.3. The summed E-state index contributed by atoms with van der Waals surface area (Å²) in [4.78, 5) is 25.2. The minimum Gasteiger partial charge on any atom is -0.448 e. The number of amides is 1. The SMILES string of the molecule is CC(C)(C)OC(=O)NCCN(CC(=O)OCCl)Cc1ccccc1. The van der Waals surface area contributed by atoms with Gasteiger partial charge >= 0.3 is 12.1 Å². The molecule has 0 atom stereocenters. The van der Waals surface area contributed by atoms with Crippen molar-refractivity contribution >= 4 is 23.7 Å². The van der Waals surface area contributed by atoms with E-state index >= 15 is 0 Å². The highest BCUT2D eigenvalue weighted by Gasteiger charge is 2.17. The first kappa shape index (κ1) is 20.3. The lowest BCUT2D eigenvalue weighted by atomic mass is 10.2. The second kappa shape index (κ2) is 10.2. The van der Waals surface area contributed by atoms with E-state index in [1.807, 2.05) is 35.2 Å². The Labute approximate surface area is 148 Å². The molecule has 0 aromatic heterocycles. The molecule has 0 saturated heterocycles. The van der Waals surface area contributed by atoms with Crippen molar-refractivity contribution in [3.8, 4) is 0 Å². The van der Waals surface area contributed by atoms with E-state index in [0.29, 0.717) is 19.6 Å². The fourth-order valence-corrected chi connectivity index (χ4v) is 2.10. The molecule has 1 rings (SSSR count). The van der Waals surface area contributed by atoms with E-state index < -0.39 is 17.7 Å². The molecule has 0 saturated carbocycles. The standard InChI is InChI=1S/C17H25ClN2O4/c1-17(2,3)24-16(22)19-9-10-20(12-15(21)23-13-18)11-14-7-5-4-6-8-14/h4-8H,9-13H2,1-3H3,(H,19,22). The van der Waals surface area contributed by atoms with E-state index in [4.69, 9.17) is 21.1 Å². The first-order valence-electron chi connectivity index (χ1n) is 7.75. The van der Waals surface area contributed by atoms with Crippen LogP contribution >= 0.6 is 11.6 Å². The van der Waals surface area contributed by atoms with Crippen molar-refractivity contribution in [2.45, 2.75) is 32.9 Å². The van der Waals surface area contributed by atoms with Crippen LogP contribution in [0.2, 0.25) is 0 Å². The van der Waals surface area contributed by atoms with E-state index in [1.54, 1.807) is 20.8 Å². The van der Waals surface area contributed by atoms with Crippen molar-refractivity contribution in [3.63, 3.8) is 0 Å². The predicted molar refractivity (Wildman–Crippen MR) is 92.8 cm³/mol. The maximum atomic E-state index is 11.7. The molecule has 0 radical (unpaired) electrons. The van der Waals surface area contributed by atoms with Gasteiger partial charge in [0.25, 0.3) is 0 Å². The summed E-state index contributed by atoms with van der Waals surface area (Å²) >= 11 is 5.41. The zero-order chi connectivity index (χ0) is 18.0. The van der Waals surface area contributed by atoms with E-state index in [9.17, 15) is 9.59 Å². The van der Waals surface area contributed by atoms with Crippen molar-refractivity contribution < 1.29 is 19.1 Å². The molecule has 0 heterocycles. The highest BCUT2D eigenvalue weighted by Crippen LogP contribution is 2.07. The number of carbonyl (C=O) groups is 2. The average molecular weight is 357 g/mol. The Hall–Kier alpha value is -1.79. The quantitative estimate of drug-likeness (QED) is 0.573. The maximum Gasteiger partial charge on any atom is 0.407 e. The molecule has 1 amide bonds. The van der Waals surface area contributed by atoms with Crippen LogP contribution in [0.5, 0.6) is 0 Å². The molecular formula is C17H25ClN2O4. The maximum absolute atomic E-state index is 11.7. The number of alkyl carbamates (subject to hydrolysis) is 1. The van der Waals surface area contributed by atoms with Gasteiger partial charge < -0.3 is 14.8 Å². The molecule has 0 bridgehead atoms. The molecule has 1 aromatic rings. The lowest BCUT2D eigenvalue weighted by Gasteiger charge is -2.23. The molecule has 6 nitrogen and oxygen atoms in total. The summed E-state index contributed by atoms with van der Waals surface area (Å²) in [5.41, 5.74) is 0.520. The number of ether oxygens (including phenoxy) is 2. The van der Waals surface area contributed by atoms with Gasteiger partial charge in [-0.1, -0.05) is 41.9 Å². The summed E-state index contributed by atoms with van der Waals surface area (Å²) in [6, 6.07) is 9.57. The summed E-state index contributed by atoms with van der Waals surface area (Å²) in [7, 11) is 0. The van der Waals surface area contributed by atoms with Gasteiger partial charge in [0.05, 0.1) is 6.54 Å². The second-order valence-electron chi connectivity index (χ2n) is 6.25. The Bertz CT molecular complexity index is 517. The molecule has 0 aliphatic heterocycles. The van der Waals surface area contributed by atoms with Gasteiger partial charge in [0.1, 0.15) is 5.60 Å². The molecular weight excluding hydrogens is 332 g/mol. The molecule has 134 valence electrons. The number of hydrogen-bond donors (Lipinski definition) is 1. The summed E-state index contributed by atoms with van der Waals surface area (Å²) in [5.74, 6) is -0.404. The molecule has 0 aliphatic rings. The van der Waals surface area contributed by atoms with Crippen LogP contribution in [0.15, 0.2) is 30.3 Å². The van der Waals surface area contributed by atoms with Gasteiger partial charge in [-0.05, 0) is 26.3 Å². The predicted octanol–water partition coefficient (Wildman–Crippen LogP) is 2.75. The highest BCUT2D eigenvalue weighted by molar-refractivity contribution is 6.17. The molecule has 0 spiro atoms. The van der Waals surface area contributed by atoms with Crippen LogP contribution < -0.4 is 5.32 Å². The van der Waals surface area contributed by atoms with Crippen molar-refractivity contribution in [1.29, 1.82) is 0 Å². The van der Waals surface area contributed by atoms with Gasteiger partial charge in [0.2, 0.25) is 0 Å². The van der Waals surface area contributed by atoms with E-state index in [2.05, 4.69) is 5.32 Å². The van der Waals surface area contributed by atoms with Crippen LogP contribution in [-0.4, -0.2) is 48.3 Å². The van der Waals surface area contributed by atoms with Crippen molar-refractivity contribution in [2.75, 3.05) is 25.7 Å². The van der Waals surface area contributed by atoms with E-state index in [0.717, 1.165) is 5.56 Å². The van der Waals surface area contributed by atoms with Crippen LogP contribution in [0.1, 0.15) is 26.3 Å². The van der Waals surface area contributed by atoms with Gasteiger partial charge in [-0.25, -0.2) is 4.79 Å². The number of halogens is 1. The fourth-order valence-electron chi connectivity index (χ4n) is 1.97. The lowest BCUT2D eigenvalue weighted by molar-refractivity contribution is -0.143. The molecule has 24 heavy (non-hydrogen) atoms. The van der Waals surface area contributed by atoms with Crippen molar-refractivity contribution in [1.82, 2.24) is 10.2 Å². The summed E-state index contributed by atoms with van der Waals surface area (Å²) in [6.07, 6.45) is -0.481. The normalized spacial score (nSPS) is 11.2. The number of rotatable bonds is 8. The average Bonchev–Trinajstić information content (AvgIpc) is 2.46. The molecule has 0 fully saturated rings. The number of nitrogens with zero attached hydrogens (tertiary/aromatic N) is 1. The highest BCUT2D eigenvalue weighted by atomic mass is 35.5. The number of carbonyl (C=O) groups excluding carboxylic acids is 2. The Kier molecular flexibility index (Phi) is 8.57. The number of benzene rings is 1. The monoisotopic (exact) mass is 356 g/mol. The third-order valence-corrected chi connectivity index (χ3v) is 3.02. The summed E-state index contributed by atoms with van der Waals surface area (Å²) in [6.45, 7) is 6.90. The fraction of sp³-hybridized carbons (Fsp3) is 0.529. The number of nitrogens with one attached hydrogen (secondary N) is 1. The van der Waals surface area contributed by atoms with Crippen molar-refractivity contribution in [2.24, 2.45) is 0 Å². The van der Waals surface area contributed by atoms with E-state index in [1.165, 1.54) is 0 Å². The zero-order valence-corrected chi connectivity index (χ0v) is 15.1.